The van der Waals surface area contributed by atoms with Gasteiger partial charge >= 0.3 is 12.2 Å². The molecule has 1 aromatic carbocycles. The van der Waals surface area contributed by atoms with Gasteiger partial charge < -0.3 is 23.8 Å². The average molecular weight is 683 g/mol. The summed E-state index contributed by atoms with van der Waals surface area (Å²) in [7, 11) is 6.16. The number of hydrogen-bond acceptors (Lipinski definition) is 9. The Labute approximate surface area is 285 Å². The molecule has 3 rings (SSSR count). The molecular weight excluding hydrogens is 635 g/mol. The second kappa shape index (κ2) is 15.6. The molecule has 0 bridgehead atoms. The number of Topliss-reactive ketones (excluding diaryl/α,β-unsaturated/α-hetero) is 1. The van der Waals surface area contributed by atoms with E-state index in [1.165, 1.54) is 63.6 Å². The second-order valence-corrected chi connectivity index (χ2v) is 14.4. The largest absolute Gasteiger partial charge is 0.443 e. The molecule has 49 heavy (non-hydrogen) atoms. The van der Waals surface area contributed by atoms with Crippen LogP contribution in [-0.4, -0.2) is 92.7 Å². The van der Waals surface area contributed by atoms with Crippen LogP contribution in [0.5, 0.6) is 0 Å². The van der Waals surface area contributed by atoms with Gasteiger partial charge in [-0.2, -0.15) is 0 Å². The number of likely N-dealkylation sites (N-methyl/N-ethyl adjacent to an activating group) is 1. The maximum absolute atomic E-state index is 14.9. The van der Waals surface area contributed by atoms with Crippen molar-refractivity contribution < 1.29 is 33.0 Å². The van der Waals surface area contributed by atoms with Gasteiger partial charge in [0, 0.05) is 46.7 Å². The Morgan fingerprint density at radius 1 is 1.02 bits per heavy atom. The predicted octanol–water partition coefficient (Wildman–Crippen LogP) is 4.76. The Morgan fingerprint density at radius 3 is 2.29 bits per heavy atom. The van der Waals surface area contributed by atoms with Crippen molar-refractivity contribution in [1.82, 2.24) is 28.9 Å². The molecule has 1 atom stereocenters. The summed E-state index contributed by atoms with van der Waals surface area (Å²) in [6, 6.07) is 2.60. The van der Waals surface area contributed by atoms with Crippen molar-refractivity contribution in [2.45, 2.75) is 85.5 Å². The van der Waals surface area contributed by atoms with Gasteiger partial charge in [0.15, 0.2) is 11.9 Å². The first kappa shape index (κ1) is 38.6. The minimum absolute atomic E-state index is 0.0734. The molecule has 0 unspecified atom stereocenters. The number of ketones is 1. The van der Waals surface area contributed by atoms with Gasteiger partial charge in [-0.25, -0.2) is 23.5 Å². The summed E-state index contributed by atoms with van der Waals surface area (Å²) in [4.78, 5) is 76.2. The van der Waals surface area contributed by atoms with Crippen molar-refractivity contribution >= 4 is 34.9 Å². The fraction of sp³-hybridized carbons (Fsp3) is 0.514. The van der Waals surface area contributed by atoms with Crippen LogP contribution in [0.15, 0.2) is 41.5 Å². The van der Waals surface area contributed by atoms with Gasteiger partial charge in [-0.3, -0.25) is 19.4 Å². The van der Waals surface area contributed by atoms with E-state index >= 15 is 0 Å². The van der Waals surface area contributed by atoms with Crippen molar-refractivity contribution in [1.29, 1.82) is 0 Å². The van der Waals surface area contributed by atoms with Crippen LogP contribution in [-0.2, 0) is 38.4 Å². The van der Waals surface area contributed by atoms with E-state index in [2.05, 4.69) is 4.98 Å². The zero-order valence-corrected chi connectivity index (χ0v) is 30.0. The maximum Gasteiger partial charge on any atom is 0.420 e. The van der Waals surface area contributed by atoms with Crippen LogP contribution in [0.4, 0.5) is 14.0 Å². The van der Waals surface area contributed by atoms with E-state index in [9.17, 15) is 28.4 Å². The minimum atomic E-state index is -1.21. The van der Waals surface area contributed by atoms with E-state index in [-0.39, 0.29) is 47.7 Å². The molecule has 3 aromatic rings. The third kappa shape index (κ3) is 10.8. The molecule has 0 aliphatic rings. The number of nitrogens with zero attached hydrogens (tertiary/aromatic N) is 6. The third-order valence-electron chi connectivity index (χ3n) is 7.07. The number of ether oxygens (including phenoxy) is 2. The zero-order valence-electron chi connectivity index (χ0n) is 30.0. The van der Waals surface area contributed by atoms with Crippen LogP contribution >= 0.6 is 0 Å². The number of carbonyl (C=O) groups is 4. The second-order valence-electron chi connectivity index (χ2n) is 14.4. The number of halogens is 1. The summed E-state index contributed by atoms with van der Waals surface area (Å²) in [5.41, 5.74) is -0.644. The van der Waals surface area contributed by atoms with Gasteiger partial charge in [0.1, 0.15) is 22.9 Å². The molecule has 0 saturated heterocycles. The Bertz CT molecular complexity index is 1790. The SMILES string of the molecule is CN(C)C(=O)/C=C/CC[C@H](OC(=O)N(C)C)C(=O)Cc1nccn(Cc2nc3c(CC(C)(C)C)cc(F)cc3n2C(=O)OC(C)(C)C)c1=O. The third-order valence-corrected chi connectivity index (χ3v) is 7.07. The van der Waals surface area contributed by atoms with Gasteiger partial charge in [0.25, 0.3) is 5.56 Å². The molecule has 0 saturated carbocycles. The number of fused-ring (bicyclic) bond motifs is 1. The van der Waals surface area contributed by atoms with E-state index in [0.717, 1.165) is 0 Å². The first-order valence-electron chi connectivity index (χ1n) is 15.9. The summed E-state index contributed by atoms with van der Waals surface area (Å²) in [5, 5.41) is 0. The molecule has 0 aliphatic heterocycles. The lowest BCUT2D eigenvalue weighted by Gasteiger charge is -2.21. The van der Waals surface area contributed by atoms with Crippen molar-refractivity contribution in [3.63, 3.8) is 0 Å². The highest BCUT2D eigenvalue weighted by molar-refractivity contribution is 5.90. The first-order chi connectivity index (χ1) is 22.7. The van der Waals surface area contributed by atoms with Crippen LogP contribution in [0, 0.1) is 11.2 Å². The number of aromatic nitrogens is 4. The highest BCUT2D eigenvalue weighted by Gasteiger charge is 2.28. The number of rotatable bonds is 11. The van der Waals surface area contributed by atoms with E-state index in [0.29, 0.717) is 17.5 Å². The lowest BCUT2D eigenvalue weighted by molar-refractivity contribution is -0.127. The standard InChI is InChI=1S/C35H47FN6O7/c1-34(2,3)20-22-17-23(36)18-25-30(22)38-28(42(25)33(47)49-35(4,5)6)21-41-16-15-37-24(31(41)45)19-26(43)27(48-32(46)40(9)10)13-11-12-14-29(44)39(7)8/h12,14-18,27H,11,13,19-21H2,1-10H3/b14-12+/t27-/m0/s1. The normalized spacial score (nSPS) is 12.6. The molecule has 2 aromatic heterocycles. The summed E-state index contributed by atoms with van der Waals surface area (Å²) in [6.07, 6.45) is 3.27. The molecule has 13 nitrogen and oxygen atoms in total. The van der Waals surface area contributed by atoms with Crippen molar-refractivity contribution in [2.24, 2.45) is 5.41 Å². The number of amides is 2. The first-order valence-corrected chi connectivity index (χ1v) is 15.9. The molecule has 0 fully saturated rings. The molecule has 0 N–H and O–H groups in total. The van der Waals surface area contributed by atoms with Gasteiger partial charge in [-0.15, -0.1) is 0 Å². The fourth-order valence-electron chi connectivity index (χ4n) is 4.84. The highest BCUT2D eigenvalue weighted by Crippen LogP contribution is 2.29. The Kier molecular flexibility index (Phi) is 12.2. The van der Waals surface area contributed by atoms with Gasteiger partial charge in [0.2, 0.25) is 5.91 Å². The van der Waals surface area contributed by atoms with Crippen LogP contribution < -0.4 is 5.56 Å². The molecule has 266 valence electrons. The summed E-state index contributed by atoms with van der Waals surface area (Å²) < 4.78 is 28.4. The zero-order chi connectivity index (χ0) is 36.8. The molecular formula is C35H47FN6O7. The average Bonchev–Trinajstić information content (AvgIpc) is 3.32. The monoisotopic (exact) mass is 682 g/mol. The van der Waals surface area contributed by atoms with Crippen molar-refractivity contribution in [3.05, 3.63) is 69.9 Å². The van der Waals surface area contributed by atoms with Crippen LogP contribution in [0.2, 0.25) is 0 Å². The molecule has 2 amide bonds. The van der Waals surface area contributed by atoms with Gasteiger partial charge in [-0.1, -0.05) is 26.8 Å². The number of benzene rings is 1. The molecule has 0 spiro atoms. The van der Waals surface area contributed by atoms with E-state index in [1.807, 2.05) is 20.8 Å². The fourth-order valence-corrected chi connectivity index (χ4v) is 4.84. The molecule has 0 aliphatic carbocycles. The van der Waals surface area contributed by atoms with Crippen LogP contribution in [0.3, 0.4) is 0 Å². The van der Waals surface area contributed by atoms with Gasteiger partial charge in [-0.05, 0) is 63.2 Å². The molecule has 0 radical (unpaired) electrons. The van der Waals surface area contributed by atoms with Crippen LogP contribution in [0.25, 0.3) is 11.0 Å². The van der Waals surface area contributed by atoms with Gasteiger partial charge in [0.05, 0.1) is 24.0 Å². The summed E-state index contributed by atoms with van der Waals surface area (Å²) in [5.74, 6) is -1.23. The molecule has 2 heterocycles. The lowest BCUT2D eigenvalue weighted by atomic mass is 9.87. The summed E-state index contributed by atoms with van der Waals surface area (Å²) in [6.45, 7) is 10.9. The number of allylic oxidation sites excluding steroid dienone is 1. The maximum atomic E-state index is 14.9. The number of imidazole rings is 1. The van der Waals surface area contributed by atoms with Crippen molar-refractivity contribution in [3.8, 4) is 0 Å². The smallest absolute Gasteiger partial charge is 0.420 e. The quantitative estimate of drug-likeness (QED) is 0.262. The van der Waals surface area contributed by atoms with E-state index in [1.54, 1.807) is 40.9 Å². The highest BCUT2D eigenvalue weighted by atomic mass is 19.1. The van der Waals surface area contributed by atoms with Crippen LogP contribution in [0.1, 0.15) is 71.5 Å². The van der Waals surface area contributed by atoms with E-state index < -0.39 is 47.5 Å². The molecule has 14 heteroatoms. The number of hydrogen-bond donors (Lipinski definition) is 0. The lowest BCUT2D eigenvalue weighted by Crippen LogP contribution is -2.35. The Hall–Kier alpha value is -4.88. The Balaban J connectivity index is 2.00. The summed E-state index contributed by atoms with van der Waals surface area (Å²) >= 11 is 0. The van der Waals surface area contributed by atoms with Crippen molar-refractivity contribution in [2.75, 3.05) is 28.2 Å². The Morgan fingerprint density at radius 2 is 1.69 bits per heavy atom. The minimum Gasteiger partial charge on any atom is -0.443 e. The van der Waals surface area contributed by atoms with E-state index in [4.69, 9.17) is 14.5 Å². The number of carbonyl (C=O) groups excluding carboxylic acids is 4. The topological polar surface area (TPSA) is 146 Å². The predicted molar refractivity (Wildman–Crippen MR) is 182 cm³/mol.